The van der Waals surface area contributed by atoms with Crippen LogP contribution in [0.1, 0.15) is 35.3 Å². The van der Waals surface area contributed by atoms with Crippen LogP contribution < -0.4 is 15.5 Å². The summed E-state index contributed by atoms with van der Waals surface area (Å²) in [5.41, 5.74) is 2.28. The van der Waals surface area contributed by atoms with Crippen LogP contribution in [-0.4, -0.2) is 28.5 Å². The molecule has 2 N–H and O–H groups in total. The standard InChI is InChI=1S/C22H24ClN3O3/c1-3-24-12-15-5-7-16(8-6-15)14-26(23)22(28)19-13-25-20-10-9-17(29-4-2)11-18(20)21(19)27/h5-11,13,24H,3-4,12,14H2,1-2H3,(H,25,27). The first kappa shape index (κ1) is 20.9. The molecule has 1 amide bonds. The molecular weight excluding hydrogens is 390 g/mol. The fraction of sp³-hybridized carbons (Fsp3) is 0.273. The number of ether oxygens (including phenoxy) is 1. The van der Waals surface area contributed by atoms with E-state index in [0.29, 0.717) is 23.3 Å². The van der Waals surface area contributed by atoms with Gasteiger partial charge in [-0.05, 0) is 42.8 Å². The predicted molar refractivity (Wildman–Crippen MR) is 115 cm³/mol. The minimum atomic E-state index is -0.548. The third-order valence-electron chi connectivity index (χ3n) is 4.54. The van der Waals surface area contributed by atoms with E-state index in [4.69, 9.17) is 16.5 Å². The molecule has 0 saturated carbocycles. The van der Waals surface area contributed by atoms with Gasteiger partial charge in [0.15, 0.2) is 0 Å². The molecule has 6 nitrogen and oxygen atoms in total. The molecule has 7 heteroatoms. The van der Waals surface area contributed by atoms with Crippen molar-refractivity contribution in [1.82, 2.24) is 14.7 Å². The molecule has 0 atom stereocenters. The second kappa shape index (κ2) is 9.58. The molecule has 2 aromatic carbocycles. The van der Waals surface area contributed by atoms with E-state index in [2.05, 4.69) is 17.2 Å². The van der Waals surface area contributed by atoms with Gasteiger partial charge in [0.2, 0.25) is 5.43 Å². The SMILES string of the molecule is CCNCc1ccc(CN(Cl)C(=O)c2c[nH]c3ccc(OCC)cc3c2=O)cc1. The molecule has 3 rings (SSSR count). The number of hydrogen-bond donors (Lipinski definition) is 2. The Morgan fingerprint density at radius 1 is 1.14 bits per heavy atom. The van der Waals surface area contributed by atoms with E-state index in [1.54, 1.807) is 18.2 Å². The molecule has 0 fully saturated rings. The van der Waals surface area contributed by atoms with Crippen molar-refractivity contribution in [2.75, 3.05) is 13.2 Å². The number of carbonyl (C=O) groups is 1. The number of benzene rings is 2. The predicted octanol–water partition coefficient (Wildman–Crippen LogP) is 3.83. The van der Waals surface area contributed by atoms with Crippen LogP contribution in [0.4, 0.5) is 0 Å². The lowest BCUT2D eigenvalue weighted by Crippen LogP contribution is -2.27. The molecule has 3 aromatic rings. The van der Waals surface area contributed by atoms with Crippen LogP contribution in [0.25, 0.3) is 10.9 Å². The second-order valence-corrected chi connectivity index (χ2v) is 7.00. The summed E-state index contributed by atoms with van der Waals surface area (Å²) in [6, 6.07) is 13.0. The first-order valence-corrected chi connectivity index (χ1v) is 9.91. The third kappa shape index (κ3) is 4.96. The lowest BCUT2D eigenvalue weighted by Gasteiger charge is -2.14. The van der Waals surface area contributed by atoms with Crippen LogP contribution in [0, 0.1) is 0 Å². The maximum Gasteiger partial charge on any atom is 0.274 e. The Labute approximate surface area is 174 Å². The number of carbonyl (C=O) groups excluding carboxylic acids is 1. The number of halogens is 1. The number of fused-ring (bicyclic) bond motifs is 1. The number of pyridine rings is 1. The van der Waals surface area contributed by atoms with Gasteiger partial charge in [-0.15, -0.1) is 0 Å². The van der Waals surface area contributed by atoms with Gasteiger partial charge in [0.05, 0.1) is 13.2 Å². The number of nitrogens with zero attached hydrogens (tertiary/aromatic N) is 1. The van der Waals surface area contributed by atoms with Gasteiger partial charge in [-0.3, -0.25) is 9.59 Å². The van der Waals surface area contributed by atoms with Crippen molar-refractivity contribution < 1.29 is 9.53 Å². The zero-order chi connectivity index (χ0) is 20.8. The lowest BCUT2D eigenvalue weighted by atomic mass is 10.1. The highest BCUT2D eigenvalue weighted by Gasteiger charge is 2.19. The Morgan fingerprint density at radius 3 is 2.55 bits per heavy atom. The van der Waals surface area contributed by atoms with Gasteiger partial charge in [0.1, 0.15) is 11.3 Å². The van der Waals surface area contributed by atoms with Gasteiger partial charge in [-0.1, -0.05) is 31.2 Å². The molecule has 0 unspecified atom stereocenters. The topological polar surface area (TPSA) is 74.4 Å². The summed E-state index contributed by atoms with van der Waals surface area (Å²) in [7, 11) is 0. The minimum Gasteiger partial charge on any atom is -0.494 e. The van der Waals surface area contributed by atoms with Crippen molar-refractivity contribution in [2.24, 2.45) is 0 Å². The number of rotatable bonds is 8. The maximum atomic E-state index is 12.8. The smallest absolute Gasteiger partial charge is 0.274 e. The molecule has 1 heterocycles. The summed E-state index contributed by atoms with van der Waals surface area (Å²) in [6.07, 6.45) is 1.41. The molecule has 1 aromatic heterocycles. The van der Waals surface area contributed by atoms with Gasteiger partial charge in [0, 0.05) is 35.4 Å². The van der Waals surface area contributed by atoms with E-state index in [1.165, 1.54) is 6.20 Å². The average Bonchev–Trinajstić information content (AvgIpc) is 2.73. The molecule has 152 valence electrons. The van der Waals surface area contributed by atoms with Crippen molar-refractivity contribution in [3.8, 4) is 5.75 Å². The van der Waals surface area contributed by atoms with E-state index < -0.39 is 5.91 Å². The van der Waals surface area contributed by atoms with Crippen molar-refractivity contribution in [3.05, 3.63) is 75.6 Å². The molecule has 0 aliphatic rings. The third-order valence-corrected chi connectivity index (χ3v) is 4.81. The number of hydrogen-bond acceptors (Lipinski definition) is 4. The van der Waals surface area contributed by atoms with Crippen molar-refractivity contribution in [2.45, 2.75) is 26.9 Å². The van der Waals surface area contributed by atoms with Crippen LogP contribution in [0.2, 0.25) is 0 Å². The normalized spacial score (nSPS) is 10.9. The van der Waals surface area contributed by atoms with E-state index >= 15 is 0 Å². The first-order chi connectivity index (χ1) is 14.0. The van der Waals surface area contributed by atoms with Crippen molar-refractivity contribution in [1.29, 1.82) is 0 Å². The molecule has 0 aliphatic carbocycles. The Morgan fingerprint density at radius 2 is 1.86 bits per heavy atom. The van der Waals surface area contributed by atoms with Crippen LogP contribution >= 0.6 is 11.8 Å². The molecule has 0 aliphatic heterocycles. The number of aromatic amines is 1. The summed E-state index contributed by atoms with van der Waals surface area (Å²) in [4.78, 5) is 28.6. The number of nitrogens with one attached hydrogen (secondary N) is 2. The Kier molecular flexibility index (Phi) is 6.90. The van der Waals surface area contributed by atoms with Gasteiger partial charge < -0.3 is 15.0 Å². The van der Waals surface area contributed by atoms with Gasteiger partial charge >= 0.3 is 0 Å². The van der Waals surface area contributed by atoms with Crippen LogP contribution in [0.3, 0.4) is 0 Å². The molecule has 0 saturated heterocycles. The maximum absolute atomic E-state index is 12.8. The second-order valence-electron chi connectivity index (χ2n) is 6.59. The molecule has 0 radical (unpaired) electrons. The number of H-pyrrole nitrogens is 1. The van der Waals surface area contributed by atoms with E-state index in [1.807, 2.05) is 31.2 Å². The Bertz CT molecular complexity index is 1050. The quantitative estimate of drug-likeness (QED) is 0.550. The van der Waals surface area contributed by atoms with Gasteiger partial charge in [-0.2, -0.15) is 0 Å². The molecule has 29 heavy (non-hydrogen) atoms. The highest BCUT2D eigenvalue weighted by atomic mass is 35.5. The Hall–Kier alpha value is -2.83. The van der Waals surface area contributed by atoms with Crippen LogP contribution in [-0.2, 0) is 13.1 Å². The number of amides is 1. The van der Waals surface area contributed by atoms with Gasteiger partial charge in [-0.25, -0.2) is 4.42 Å². The van der Waals surface area contributed by atoms with Crippen LogP contribution in [0.5, 0.6) is 5.75 Å². The largest absolute Gasteiger partial charge is 0.494 e. The Balaban J connectivity index is 1.79. The molecular formula is C22H24ClN3O3. The summed E-state index contributed by atoms with van der Waals surface area (Å²) in [6.45, 7) is 6.29. The average molecular weight is 414 g/mol. The highest BCUT2D eigenvalue weighted by Crippen LogP contribution is 2.18. The summed E-state index contributed by atoms with van der Waals surface area (Å²) >= 11 is 6.22. The highest BCUT2D eigenvalue weighted by molar-refractivity contribution is 6.24. The van der Waals surface area contributed by atoms with Crippen molar-refractivity contribution in [3.63, 3.8) is 0 Å². The van der Waals surface area contributed by atoms with Gasteiger partial charge in [0.25, 0.3) is 5.91 Å². The van der Waals surface area contributed by atoms with E-state index in [-0.39, 0.29) is 17.5 Å². The van der Waals surface area contributed by atoms with E-state index in [9.17, 15) is 9.59 Å². The molecule has 0 spiro atoms. The van der Waals surface area contributed by atoms with E-state index in [0.717, 1.165) is 28.6 Å². The first-order valence-electron chi connectivity index (χ1n) is 9.58. The summed E-state index contributed by atoms with van der Waals surface area (Å²) in [5, 5.41) is 3.65. The fourth-order valence-corrected chi connectivity index (χ4v) is 3.24. The zero-order valence-corrected chi connectivity index (χ0v) is 17.3. The summed E-state index contributed by atoms with van der Waals surface area (Å²) < 4.78 is 6.48. The monoisotopic (exact) mass is 413 g/mol. The fourth-order valence-electron chi connectivity index (χ4n) is 3.01. The van der Waals surface area contributed by atoms with Crippen LogP contribution in [0.15, 0.2) is 53.5 Å². The minimum absolute atomic E-state index is 0.00934. The lowest BCUT2D eigenvalue weighted by molar-refractivity contribution is 0.0856. The summed E-state index contributed by atoms with van der Waals surface area (Å²) in [5.74, 6) is 0.0313. The van der Waals surface area contributed by atoms with Crippen molar-refractivity contribution >= 4 is 28.6 Å². The number of aromatic nitrogens is 1. The molecule has 0 bridgehead atoms. The zero-order valence-electron chi connectivity index (χ0n) is 16.5.